The van der Waals surface area contributed by atoms with Gasteiger partial charge in [-0.15, -0.1) is 0 Å². The van der Waals surface area contributed by atoms with Gasteiger partial charge in [-0.3, -0.25) is 0 Å². The van der Waals surface area contributed by atoms with Crippen LogP contribution in [0.15, 0.2) is 42.5 Å². The van der Waals surface area contributed by atoms with Crippen LogP contribution in [0.5, 0.6) is 11.5 Å². The van der Waals surface area contributed by atoms with E-state index in [0.29, 0.717) is 25.3 Å². The van der Waals surface area contributed by atoms with Crippen LogP contribution in [0.25, 0.3) is 0 Å². The van der Waals surface area contributed by atoms with Crippen LogP contribution in [0.2, 0.25) is 0 Å². The topological polar surface area (TPSA) is 61.8 Å². The minimum Gasteiger partial charge on any atom is -0.504 e. The number of hydrogen-bond donors (Lipinski definition) is 2. The van der Waals surface area contributed by atoms with E-state index in [1.54, 1.807) is 31.3 Å². The molecule has 0 aromatic heterocycles. The van der Waals surface area contributed by atoms with Gasteiger partial charge in [0.15, 0.2) is 11.5 Å². The van der Waals surface area contributed by atoms with E-state index in [1.165, 1.54) is 24.1 Å². The first-order valence-electron chi connectivity index (χ1n) is 7.59. The minimum absolute atomic E-state index is 0.0370. The molecular weight excluding hydrogens is 311 g/mol. The molecule has 24 heavy (non-hydrogen) atoms. The fraction of sp³-hybridized carbons (Fsp3) is 0.278. The summed E-state index contributed by atoms with van der Waals surface area (Å²) in [6, 6.07) is 11.1. The summed E-state index contributed by atoms with van der Waals surface area (Å²) >= 11 is 0. The maximum absolute atomic E-state index is 13.1. The van der Waals surface area contributed by atoms with Gasteiger partial charge in [-0.25, -0.2) is 9.18 Å². The summed E-state index contributed by atoms with van der Waals surface area (Å²) in [4.78, 5) is 13.6. The highest BCUT2D eigenvalue weighted by molar-refractivity contribution is 5.73. The molecule has 2 amide bonds. The van der Waals surface area contributed by atoms with Crippen molar-refractivity contribution in [2.45, 2.75) is 13.0 Å². The number of phenolic OH excluding ortho intramolecular Hbond substituents is 1. The molecule has 0 fully saturated rings. The van der Waals surface area contributed by atoms with E-state index in [9.17, 15) is 14.3 Å². The van der Waals surface area contributed by atoms with Crippen molar-refractivity contribution in [1.82, 2.24) is 10.2 Å². The number of carbonyl (C=O) groups excluding carboxylic acids is 1. The van der Waals surface area contributed by atoms with E-state index in [4.69, 9.17) is 4.74 Å². The lowest BCUT2D eigenvalue weighted by molar-refractivity contribution is 0.207. The number of nitrogens with zero attached hydrogens (tertiary/aromatic N) is 1. The van der Waals surface area contributed by atoms with Crippen molar-refractivity contribution >= 4 is 6.03 Å². The summed E-state index contributed by atoms with van der Waals surface area (Å²) in [5.41, 5.74) is 1.62. The Morgan fingerprint density at radius 1 is 1.25 bits per heavy atom. The summed E-state index contributed by atoms with van der Waals surface area (Å²) in [5.74, 6) is 0.145. The number of urea groups is 1. The highest BCUT2D eigenvalue weighted by atomic mass is 19.1. The van der Waals surface area contributed by atoms with Crippen LogP contribution >= 0.6 is 0 Å². The Morgan fingerprint density at radius 3 is 2.71 bits per heavy atom. The van der Waals surface area contributed by atoms with E-state index in [1.807, 2.05) is 6.07 Å². The number of carbonyl (C=O) groups is 1. The van der Waals surface area contributed by atoms with Gasteiger partial charge in [0.2, 0.25) is 0 Å². The number of nitrogens with one attached hydrogen (secondary N) is 1. The Kier molecular flexibility index (Phi) is 6.01. The van der Waals surface area contributed by atoms with Crippen molar-refractivity contribution in [2.24, 2.45) is 0 Å². The van der Waals surface area contributed by atoms with Crippen LogP contribution < -0.4 is 10.1 Å². The molecular formula is C18H21FN2O3. The molecule has 0 saturated carbocycles. The molecule has 0 bridgehead atoms. The van der Waals surface area contributed by atoms with Gasteiger partial charge in [0, 0.05) is 20.1 Å². The summed E-state index contributed by atoms with van der Waals surface area (Å²) in [7, 11) is 3.14. The van der Waals surface area contributed by atoms with Crippen molar-refractivity contribution in [3.05, 3.63) is 59.4 Å². The number of halogens is 1. The SMILES string of the molecule is COc1ccc(CN(C)C(=O)NCCc2cccc(F)c2)cc1O. The fourth-order valence-electron chi connectivity index (χ4n) is 2.32. The minimum atomic E-state index is -0.282. The molecule has 0 spiro atoms. The molecule has 0 atom stereocenters. The Bertz CT molecular complexity index is 706. The number of ether oxygens (including phenoxy) is 1. The van der Waals surface area contributed by atoms with Crippen LogP contribution in [0.3, 0.4) is 0 Å². The second kappa shape index (κ2) is 8.19. The van der Waals surface area contributed by atoms with Gasteiger partial charge < -0.3 is 20.1 Å². The lowest BCUT2D eigenvalue weighted by Gasteiger charge is -2.18. The predicted molar refractivity (Wildman–Crippen MR) is 89.6 cm³/mol. The maximum Gasteiger partial charge on any atom is 0.317 e. The zero-order valence-electron chi connectivity index (χ0n) is 13.8. The highest BCUT2D eigenvalue weighted by Gasteiger charge is 2.10. The number of amides is 2. The van der Waals surface area contributed by atoms with E-state index >= 15 is 0 Å². The fourth-order valence-corrected chi connectivity index (χ4v) is 2.32. The lowest BCUT2D eigenvalue weighted by Crippen LogP contribution is -2.37. The Balaban J connectivity index is 1.82. The summed E-state index contributed by atoms with van der Waals surface area (Å²) in [5, 5.41) is 12.5. The summed E-state index contributed by atoms with van der Waals surface area (Å²) in [6.45, 7) is 0.768. The van der Waals surface area contributed by atoms with Crippen LogP contribution in [-0.2, 0) is 13.0 Å². The first-order chi connectivity index (χ1) is 11.5. The smallest absolute Gasteiger partial charge is 0.317 e. The first kappa shape index (κ1) is 17.6. The normalized spacial score (nSPS) is 10.3. The van der Waals surface area contributed by atoms with E-state index in [-0.39, 0.29) is 17.6 Å². The average molecular weight is 332 g/mol. The first-order valence-corrected chi connectivity index (χ1v) is 7.59. The molecule has 0 aliphatic heterocycles. The predicted octanol–water partition coefficient (Wildman–Crippen LogP) is 2.92. The lowest BCUT2D eigenvalue weighted by atomic mass is 10.1. The van der Waals surface area contributed by atoms with Crippen molar-refractivity contribution in [1.29, 1.82) is 0 Å². The Hall–Kier alpha value is -2.76. The molecule has 0 aliphatic rings. The molecule has 0 aliphatic carbocycles. The van der Waals surface area contributed by atoms with Gasteiger partial charge in [0.1, 0.15) is 5.82 Å². The van der Waals surface area contributed by atoms with E-state index < -0.39 is 0 Å². The van der Waals surface area contributed by atoms with Crippen LogP contribution in [0.1, 0.15) is 11.1 Å². The number of benzene rings is 2. The average Bonchev–Trinajstić information content (AvgIpc) is 2.55. The zero-order valence-corrected chi connectivity index (χ0v) is 13.8. The van der Waals surface area contributed by atoms with E-state index in [2.05, 4.69) is 5.32 Å². The Morgan fingerprint density at radius 2 is 2.04 bits per heavy atom. The maximum atomic E-state index is 13.1. The van der Waals surface area contributed by atoms with Crippen LogP contribution in [0.4, 0.5) is 9.18 Å². The van der Waals surface area contributed by atoms with Gasteiger partial charge >= 0.3 is 6.03 Å². The molecule has 0 unspecified atom stereocenters. The molecule has 128 valence electrons. The standard InChI is InChI=1S/C18H21FN2O3/c1-21(12-14-6-7-17(24-2)16(22)11-14)18(23)20-9-8-13-4-3-5-15(19)10-13/h3-7,10-11,22H,8-9,12H2,1-2H3,(H,20,23). The quantitative estimate of drug-likeness (QED) is 0.855. The van der Waals surface area contributed by atoms with E-state index in [0.717, 1.165) is 11.1 Å². The molecule has 5 nitrogen and oxygen atoms in total. The van der Waals surface area contributed by atoms with Crippen LogP contribution in [0, 0.1) is 5.82 Å². The largest absolute Gasteiger partial charge is 0.504 e. The summed E-state index contributed by atoms with van der Waals surface area (Å²) in [6.07, 6.45) is 0.556. The number of rotatable bonds is 6. The molecule has 2 aromatic carbocycles. The van der Waals surface area contributed by atoms with Crippen molar-refractivity contribution in [3.8, 4) is 11.5 Å². The number of phenols is 1. The van der Waals surface area contributed by atoms with Crippen molar-refractivity contribution in [2.75, 3.05) is 20.7 Å². The second-order valence-electron chi connectivity index (χ2n) is 5.47. The zero-order chi connectivity index (χ0) is 17.5. The van der Waals surface area contributed by atoms with Gasteiger partial charge in [-0.05, 0) is 41.8 Å². The number of hydrogen-bond acceptors (Lipinski definition) is 3. The highest BCUT2D eigenvalue weighted by Crippen LogP contribution is 2.26. The monoisotopic (exact) mass is 332 g/mol. The molecule has 6 heteroatoms. The van der Waals surface area contributed by atoms with Gasteiger partial charge in [-0.1, -0.05) is 18.2 Å². The molecule has 0 heterocycles. The van der Waals surface area contributed by atoms with Gasteiger partial charge in [0.25, 0.3) is 0 Å². The van der Waals surface area contributed by atoms with Gasteiger partial charge in [0.05, 0.1) is 7.11 Å². The molecule has 2 N–H and O–H groups in total. The molecule has 0 saturated heterocycles. The summed E-state index contributed by atoms with van der Waals surface area (Å²) < 4.78 is 18.1. The second-order valence-corrected chi connectivity index (χ2v) is 5.47. The van der Waals surface area contributed by atoms with Crippen molar-refractivity contribution < 1.29 is 19.0 Å². The third-order valence-corrected chi connectivity index (χ3v) is 3.59. The molecule has 2 aromatic rings. The number of aromatic hydroxyl groups is 1. The Labute approximate surface area is 140 Å². The molecule has 0 radical (unpaired) electrons. The third kappa shape index (κ3) is 4.87. The number of methoxy groups -OCH3 is 1. The van der Waals surface area contributed by atoms with Gasteiger partial charge in [-0.2, -0.15) is 0 Å². The van der Waals surface area contributed by atoms with Crippen molar-refractivity contribution in [3.63, 3.8) is 0 Å². The molecule has 2 rings (SSSR count). The third-order valence-electron chi connectivity index (χ3n) is 3.59. The van der Waals surface area contributed by atoms with Crippen LogP contribution in [-0.4, -0.2) is 36.7 Å².